The van der Waals surface area contributed by atoms with Crippen molar-refractivity contribution in [1.29, 1.82) is 0 Å². The number of carbonyl (C=O) groups excluding carboxylic acids is 1. The van der Waals surface area contributed by atoms with Gasteiger partial charge in [-0.2, -0.15) is 4.98 Å². The lowest BCUT2D eigenvalue weighted by atomic mass is 9.99. The third-order valence-electron chi connectivity index (χ3n) is 7.58. The molecule has 0 atom stereocenters. The summed E-state index contributed by atoms with van der Waals surface area (Å²) in [5.74, 6) is 2.63. The van der Waals surface area contributed by atoms with Crippen molar-refractivity contribution in [3.05, 3.63) is 96.0 Å². The molecule has 2 aliphatic rings. The summed E-state index contributed by atoms with van der Waals surface area (Å²) >= 11 is 0. The van der Waals surface area contributed by atoms with Crippen LogP contribution in [0.25, 0.3) is 11.4 Å². The highest BCUT2D eigenvalue weighted by atomic mass is 16.5. The Morgan fingerprint density at radius 1 is 0.868 bits per heavy atom. The lowest BCUT2D eigenvalue weighted by Gasteiger charge is -2.36. The van der Waals surface area contributed by atoms with Crippen molar-refractivity contribution in [1.82, 2.24) is 25.3 Å². The van der Waals surface area contributed by atoms with E-state index >= 15 is 0 Å². The van der Waals surface area contributed by atoms with Gasteiger partial charge in [0.2, 0.25) is 11.7 Å². The lowest BCUT2D eigenvalue weighted by Crippen LogP contribution is -2.52. The number of carbonyl (C=O) groups is 1. The van der Waals surface area contributed by atoms with Gasteiger partial charge in [-0.25, -0.2) is 9.78 Å². The summed E-state index contributed by atoms with van der Waals surface area (Å²) in [7, 11) is 0. The molecule has 1 aliphatic heterocycles. The van der Waals surface area contributed by atoms with Crippen LogP contribution in [0.5, 0.6) is 0 Å². The van der Waals surface area contributed by atoms with Gasteiger partial charge in [0, 0.05) is 43.9 Å². The van der Waals surface area contributed by atoms with Crippen molar-refractivity contribution in [3.8, 4) is 11.4 Å². The molecule has 3 heterocycles. The molecule has 8 heteroatoms. The van der Waals surface area contributed by atoms with Gasteiger partial charge in [0.15, 0.2) is 0 Å². The summed E-state index contributed by atoms with van der Waals surface area (Å²) in [6.07, 6.45) is 6.52. The van der Waals surface area contributed by atoms with Crippen LogP contribution in [0.15, 0.2) is 83.5 Å². The quantitative estimate of drug-likeness (QED) is 0.375. The predicted molar refractivity (Wildman–Crippen MR) is 146 cm³/mol. The van der Waals surface area contributed by atoms with Gasteiger partial charge in [0.05, 0.1) is 6.04 Å². The number of pyridine rings is 1. The van der Waals surface area contributed by atoms with Crippen LogP contribution in [0.1, 0.15) is 54.7 Å². The van der Waals surface area contributed by atoms with E-state index in [4.69, 9.17) is 4.52 Å². The van der Waals surface area contributed by atoms with E-state index in [-0.39, 0.29) is 12.1 Å². The van der Waals surface area contributed by atoms with E-state index < -0.39 is 0 Å². The lowest BCUT2D eigenvalue weighted by molar-refractivity contribution is 0.192. The van der Waals surface area contributed by atoms with E-state index in [1.165, 1.54) is 12.8 Å². The number of nitrogens with one attached hydrogen (secondary N) is 1. The van der Waals surface area contributed by atoms with E-state index in [0.29, 0.717) is 24.8 Å². The molecule has 1 saturated heterocycles. The van der Waals surface area contributed by atoms with E-state index in [1.54, 1.807) is 0 Å². The third-order valence-corrected chi connectivity index (χ3v) is 7.58. The van der Waals surface area contributed by atoms with E-state index in [9.17, 15) is 4.79 Å². The zero-order chi connectivity index (χ0) is 25.7. The number of nitrogens with zero attached hydrogens (tertiary/aromatic N) is 5. The van der Waals surface area contributed by atoms with Crippen molar-refractivity contribution in [3.63, 3.8) is 0 Å². The van der Waals surface area contributed by atoms with Crippen LogP contribution in [0.2, 0.25) is 0 Å². The van der Waals surface area contributed by atoms with Gasteiger partial charge in [-0.1, -0.05) is 78.7 Å². The van der Waals surface area contributed by atoms with Gasteiger partial charge in [0.25, 0.3) is 0 Å². The fourth-order valence-corrected chi connectivity index (χ4v) is 5.40. The number of aromatic nitrogens is 3. The summed E-state index contributed by atoms with van der Waals surface area (Å²) < 4.78 is 5.52. The Morgan fingerprint density at radius 2 is 1.53 bits per heavy atom. The topological polar surface area (TPSA) is 87.4 Å². The Hall–Kier alpha value is -4.20. The molecule has 2 fully saturated rings. The maximum absolute atomic E-state index is 13.3. The van der Waals surface area contributed by atoms with Crippen LogP contribution in [-0.4, -0.2) is 52.2 Å². The van der Waals surface area contributed by atoms with Crippen molar-refractivity contribution in [2.24, 2.45) is 0 Å². The summed E-state index contributed by atoms with van der Waals surface area (Å²) in [4.78, 5) is 26.6. The van der Waals surface area contributed by atoms with Gasteiger partial charge >= 0.3 is 6.03 Å². The van der Waals surface area contributed by atoms with Crippen molar-refractivity contribution < 1.29 is 9.32 Å². The molecule has 2 aromatic heterocycles. The molecule has 6 rings (SSSR count). The summed E-state index contributed by atoms with van der Waals surface area (Å²) in [5.41, 5.74) is 2.98. The Bertz CT molecular complexity index is 1290. The maximum Gasteiger partial charge on any atom is 0.318 e. The number of piperazine rings is 1. The average Bonchev–Trinajstić information content (AvgIpc) is 3.70. The monoisotopic (exact) mass is 508 g/mol. The highest BCUT2D eigenvalue weighted by molar-refractivity contribution is 5.75. The summed E-state index contributed by atoms with van der Waals surface area (Å²) in [5, 5.41) is 7.43. The normalized spacial score (nSPS) is 16.2. The Balaban J connectivity index is 1.07. The molecule has 0 bridgehead atoms. The molecule has 0 spiro atoms. The van der Waals surface area contributed by atoms with Crippen molar-refractivity contribution >= 4 is 11.8 Å². The highest BCUT2D eigenvalue weighted by Crippen LogP contribution is 2.34. The number of amides is 2. The first-order chi connectivity index (χ1) is 18.7. The van der Waals surface area contributed by atoms with Crippen molar-refractivity contribution in [2.75, 3.05) is 31.1 Å². The molecule has 1 saturated carbocycles. The highest BCUT2D eigenvalue weighted by Gasteiger charge is 2.26. The molecular formula is C30H32N6O2. The van der Waals surface area contributed by atoms with Crippen LogP contribution in [0.3, 0.4) is 0 Å². The van der Waals surface area contributed by atoms with Crippen LogP contribution in [-0.2, 0) is 0 Å². The first-order valence-corrected chi connectivity index (χ1v) is 13.4. The summed E-state index contributed by atoms with van der Waals surface area (Å²) in [6, 6.07) is 23.9. The van der Waals surface area contributed by atoms with E-state index in [0.717, 1.165) is 54.3 Å². The minimum absolute atomic E-state index is 0.0548. The molecule has 2 aromatic carbocycles. The third kappa shape index (κ3) is 5.25. The number of hydrogen-bond donors (Lipinski definition) is 1. The van der Waals surface area contributed by atoms with Crippen LogP contribution in [0, 0.1) is 0 Å². The standard InChI is InChI=1S/C30H32N6O2/c37-30(32-27(22-9-3-1-4-10-22)23-11-5-2-6-12-23)36-19-17-35(18-20-36)26-16-15-25(21-31-26)28-33-29(38-34-28)24-13-7-8-14-24/h1-6,9-12,15-16,21,24,27H,7-8,13-14,17-20H2,(H,32,37). The molecule has 2 amide bonds. The van der Waals surface area contributed by atoms with Gasteiger partial charge in [0.1, 0.15) is 5.82 Å². The minimum Gasteiger partial charge on any atom is -0.353 e. The van der Waals surface area contributed by atoms with E-state index in [2.05, 4.69) is 49.6 Å². The Kier molecular flexibility index (Phi) is 7.02. The number of urea groups is 1. The van der Waals surface area contributed by atoms with E-state index in [1.807, 2.05) is 59.6 Å². The molecule has 1 aliphatic carbocycles. The van der Waals surface area contributed by atoms with Gasteiger partial charge in [-0.3, -0.25) is 0 Å². The number of anilines is 1. The second-order valence-electron chi connectivity index (χ2n) is 10.0. The number of hydrogen-bond acceptors (Lipinski definition) is 6. The summed E-state index contributed by atoms with van der Waals surface area (Å²) in [6.45, 7) is 2.69. The number of rotatable bonds is 6. The van der Waals surface area contributed by atoms with Crippen molar-refractivity contribution in [2.45, 2.75) is 37.6 Å². The van der Waals surface area contributed by atoms with Crippen LogP contribution < -0.4 is 10.2 Å². The Morgan fingerprint density at radius 3 is 2.13 bits per heavy atom. The molecule has 38 heavy (non-hydrogen) atoms. The van der Waals surface area contributed by atoms with Crippen LogP contribution >= 0.6 is 0 Å². The van der Waals surface area contributed by atoms with Crippen LogP contribution in [0.4, 0.5) is 10.6 Å². The Labute approximate surface area is 222 Å². The van der Waals surface area contributed by atoms with Gasteiger partial charge in [-0.15, -0.1) is 0 Å². The maximum atomic E-state index is 13.3. The molecule has 0 unspecified atom stereocenters. The SMILES string of the molecule is O=C(NC(c1ccccc1)c1ccccc1)N1CCN(c2ccc(-c3noc(C4CCCC4)n3)cn2)CC1. The molecular weight excluding hydrogens is 476 g/mol. The smallest absolute Gasteiger partial charge is 0.318 e. The fraction of sp³-hybridized carbons (Fsp3) is 0.333. The first kappa shape index (κ1) is 24.2. The largest absolute Gasteiger partial charge is 0.353 e. The zero-order valence-corrected chi connectivity index (χ0v) is 21.4. The predicted octanol–water partition coefficient (Wildman–Crippen LogP) is 5.41. The second kappa shape index (κ2) is 11.0. The van der Waals surface area contributed by atoms with Gasteiger partial charge < -0.3 is 19.6 Å². The molecule has 1 N–H and O–H groups in total. The molecule has 0 radical (unpaired) electrons. The second-order valence-corrected chi connectivity index (χ2v) is 10.0. The average molecular weight is 509 g/mol. The molecule has 8 nitrogen and oxygen atoms in total. The number of benzene rings is 2. The minimum atomic E-state index is -0.198. The molecule has 194 valence electrons. The fourth-order valence-electron chi connectivity index (χ4n) is 5.40. The van der Waals surface area contributed by atoms with Gasteiger partial charge in [-0.05, 0) is 36.1 Å². The molecule has 4 aromatic rings. The first-order valence-electron chi connectivity index (χ1n) is 13.4. The zero-order valence-electron chi connectivity index (χ0n) is 21.4.